The molecule has 1 aromatic rings. The van der Waals surface area contributed by atoms with Gasteiger partial charge in [-0.25, -0.2) is 12.7 Å². The molecule has 0 N–H and O–H groups in total. The van der Waals surface area contributed by atoms with Crippen LogP contribution in [0.3, 0.4) is 0 Å². The van der Waals surface area contributed by atoms with E-state index in [1.54, 1.807) is 0 Å². The second-order valence-electron chi connectivity index (χ2n) is 4.19. The van der Waals surface area contributed by atoms with Gasteiger partial charge in [0, 0.05) is 19.0 Å². The molecule has 0 spiro atoms. The molecule has 0 aliphatic carbocycles. The van der Waals surface area contributed by atoms with Gasteiger partial charge in [-0.15, -0.1) is 0 Å². The smallest absolute Gasteiger partial charge is 0.211 e. The molecule has 0 bridgehead atoms. The van der Waals surface area contributed by atoms with Crippen LogP contribution in [-0.2, 0) is 10.0 Å². The van der Waals surface area contributed by atoms with Gasteiger partial charge >= 0.3 is 0 Å². The quantitative estimate of drug-likeness (QED) is 0.762. The van der Waals surface area contributed by atoms with Gasteiger partial charge in [0.05, 0.1) is 6.26 Å². The summed E-state index contributed by atoms with van der Waals surface area (Å²) in [5, 5.41) is 0. The first kappa shape index (κ1) is 10.6. The largest absolute Gasteiger partial charge is 0.213 e. The van der Waals surface area contributed by atoms with Gasteiger partial charge in [0.2, 0.25) is 10.0 Å². The SMILES string of the molecule is Cc1ccc(C2CN(S(C)(=O)=O)C2)cc1. The molecule has 0 aromatic heterocycles. The molecule has 0 amide bonds. The molecule has 15 heavy (non-hydrogen) atoms. The zero-order valence-electron chi connectivity index (χ0n) is 8.97. The molecule has 1 heterocycles. The van der Waals surface area contributed by atoms with E-state index in [1.807, 2.05) is 6.92 Å². The van der Waals surface area contributed by atoms with Crippen molar-refractivity contribution in [2.75, 3.05) is 19.3 Å². The van der Waals surface area contributed by atoms with E-state index in [4.69, 9.17) is 0 Å². The number of aryl methyl sites for hydroxylation is 1. The minimum Gasteiger partial charge on any atom is -0.213 e. The van der Waals surface area contributed by atoms with Crippen LogP contribution >= 0.6 is 0 Å². The van der Waals surface area contributed by atoms with Crippen LogP contribution in [0.1, 0.15) is 17.0 Å². The Kier molecular flexibility index (Phi) is 2.56. The first-order chi connectivity index (χ1) is 6.97. The highest BCUT2D eigenvalue weighted by molar-refractivity contribution is 7.88. The van der Waals surface area contributed by atoms with Crippen molar-refractivity contribution in [3.63, 3.8) is 0 Å². The monoisotopic (exact) mass is 225 g/mol. The van der Waals surface area contributed by atoms with Gasteiger partial charge in [-0.3, -0.25) is 0 Å². The Bertz CT molecular complexity index is 444. The summed E-state index contributed by atoms with van der Waals surface area (Å²) in [6.45, 7) is 3.30. The topological polar surface area (TPSA) is 37.4 Å². The zero-order valence-corrected chi connectivity index (χ0v) is 9.79. The molecule has 1 aliphatic heterocycles. The molecule has 1 aliphatic rings. The summed E-state index contributed by atoms with van der Waals surface area (Å²) in [5.74, 6) is 0.375. The van der Waals surface area contributed by atoms with Crippen LogP contribution in [0.2, 0.25) is 0 Å². The van der Waals surface area contributed by atoms with Gasteiger partial charge in [0.1, 0.15) is 0 Å². The van der Waals surface area contributed by atoms with Gasteiger partial charge in [0.15, 0.2) is 0 Å². The van der Waals surface area contributed by atoms with Crippen molar-refractivity contribution in [1.29, 1.82) is 0 Å². The Hall–Kier alpha value is -0.870. The predicted octanol–water partition coefficient (Wildman–Crippen LogP) is 1.35. The Morgan fingerprint density at radius 3 is 2.20 bits per heavy atom. The van der Waals surface area contributed by atoms with Crippen LogP contribution in [0, 0.1) is 6.92 Å². The molecule has 0 unspecified atom stereocenters. The van der Waals surface area contributed by atoms with Crippen LogP contribution in [0.15, 0.2) is 24.3 Å². The molecule has 0 saturated carbocycles. The van der Waals surface area contributed by atoms with E-state index < -0.39 is 10.0 Å². The zero-order chi connectivity index (χ0) is 11.1. The highest BCUT2D eigenvalue weighted by Gasteiger charge is 2.33. The van der Waals surface area contributed by atoms with E-state index >= 15 is 0 Å². The van der Waals surface area contributed by atoms with E-state index in [2.05, 4.69) is 24.3 Å². The van der Waals surface area contributed by atoms with E-state index in [-0.39, 0.29) is 0 Å². The fourth-order valence-corrected chi connectivity index (χ4v) is 2.66. The maximum Gasteiger partial charge on any atom is 0.211 e. The van der Waals surface area contributed by atoms with Crippen LogP contribution in [0.4, 0.5) is 0 Å². The number of nitrogens with zero attached hydrogens (tertiary/aromatic N) is 1. The molecule has 1 fully saturated rings. The van der Waals surface area contributed by atoms with Crippen molar-refractivity contribution >= 4 is 10.0 Å². The number of benzene rings is 1. The van der Waals surface area contributed by atoms with Crippen LogP contribution < -0.4 is 0 Å². The summed E-state index contributed by atoms with van der Waals surface area (Å²) in [5.41, 5.74) is 2.47. The normalized spacial score (nSPS) is 18.8. The molecule has 1 saturated heterocycles. The number of rotatable bonds is 2. The lowest BCUT2D eigenvalue weighted by atomic mass is 9.93. The van der Waals surface area contributed by atoms with Crippen molar-refractivity contribution in [1.82, 2.24) is 4.31 Å². The van der Waals surface area contributed by atoms with Crippen molar-refractivity contribution in [2.45, 2.75) is 12.8 Å². The predicted molar refractivity (Wildman–Crippen MR) is 60.3 cm³/mol. The molecular weight excluding hydrogens is 210 g/mol. The molecule has 2 rings (SSSR count). The Morgan fingerprint density at radius 1 is 1.20 bits per heavy atom. The third kappa shape index (κ3) is 2.21. The second kappa shape index (κ2) is 3.61. The first-order valence-corrected chi connectivity index (χ1v) is 6.83. The summed E-state index contributed by atoms with van der Waals surface area (Å²) in [6, 6.07) is 8.30. The Morgan fingerprint density at radius 2 is 1.73 bits per heavy atom. The second-order valence-corrected chi connectivity index (χ2v) is 6.17. The van der Waals surface area contributed by atoms with Crippen LogP contribution in [0.5, 0.6) is 0 Å². The summed E-state index contributed by atoms with van der Waals surface area (Å²) in [4.78, 5) is 0. The average molecular weight is 225 g/mol. The lowest BCUT2D eigenvalue weighted by Crippen LogP contribution is -2.47. The molecule has 0 radical (unpaired) electrons. The molecule has 1 aromatic carbocycles. The summed E-state index contributed by atoms with van der Waals surface area (Å²) >= 11 is 0. The lowest BCUT2D eigenvalue weighted by Gasteiger charge is -2.37. The Labute approximate surface area is 90.8 Å². The van der Waals surface area contributed by atoms with Gasteiger partial charge in [-0.05, 0) is 12.5 Å². The average Bonchev–Trinajstić information content (AvgIpc) is 2.03. The highest BCUT2D eigenvalue weighted by Crippen LogP contribution is 2.28. The van der Waals surface area contributed by atoms with Gasteiger partial charge in [0.25, 0.3) is 0 Å². The number of sulfonamides is 1. The van der Waals surface area contributed by atoms with E-state index in [1.165, 1.54) is 21.7 Å². The highest BCUT2D eigenvalue weighted by atomic mass is 32.2. The maximum absolute atomic E-state index is 11.2. The number of hydrogen-bond donors (Lipinski definition) is 0. The summed E-state index contributed by atoms with van der Waals surface area (Å²) < 4.78 is 23.9. The lowest BCUT2D eigenvalue weighted by molar-refractivity contribution is 0.266. The minimum atomic E-state index is -2.98. The van der Waals surface area contributed by atoms with E-state index in [0.717, 1.165) is 0 Å². The van der Waals surface area contributed by atoms with Crippen LogP contribution in [0.25, 0.3) is 0 Å². The van der Waals surface area contributed by atoms with Gasteiger partial charge < -0.3 is 0 Å². The fourth-order valence-electron chi connectivity index (χ4n) is 1.76. The third-order valence-electron chi connectivity index (χ3n) is 2.87. The Balaban J connectivity index is 2.04. The fraction of sp³-hybridized carbons (Fsp3) is 0.455. The molecule has 82 valence electrons. The van der Waals surface area contributed by atoms with E-state index in [0.29, 0.717) is 19.0 Å². The van der Waals surface area contributed by atoms with Crippen molar-refractivity contribution in [3.8, 4) is 0 Å². The molecule has 0 atom stereocenters. The van der Waals surface area contributed by atoms with Gasteiger partial charge in [-0.1, -0.05) is 29.8 Å². The standard InChI is InChI=1S/C11H15NO2S/c1-9-3-5-10(6-4-9)11-7-12(8-11)15(2,13)14/h3-6,11H,7-8H2,1-2H3. The van der Waals surface area contributed by atoms with Crippen molar-refractivity contribution in [2.24, 2.45) is 0 Å². The van der Waals surface area contributed by atoms with Gasteiger partial charge in [-0.2, -0.15) is 0 Å². The van der Waals surface area contributed by atoms with Crippen molar-refractivity contribution in [3.05, 3.63) is 35.4 Å². The maximum atomic E-state index is 11.2. The summed E-state index contributed by atoms with van der Waals surface area (Å²) in [7, 11) is -2.98. The molecule has 3 nitrogen and oxygen atoms in total. The van der Waals surface area contributed by atoms with Crippen molar-refractivity contribution < 1.29 is 8.42 Å². The van der Waals surface area contributed by atoms with E-state index in [9.17, 15) is 8.42 Å². The number of hydrogen-bond acceptors (Lipinski definition) is 2. The molecular formula is C11H15NO2S. The van der Waals surface area contributed by atoms with Crippen LogP contribution in [-0.4, -0.2) is 32.1 Å². The third-order valence-corrected chi connectivity index (χ3v) is 4.10. The summed E-state index contributed by atoms with van der Waals surface area (Å²) in [6.07, 6.45) is 1.26. The minimum absolute atomic E-state index is 0.375. The first-order valence-electron chi connectivity index (χ1n) is 4.98. The molecule has 4 heteroatoms.